The standard InChI is InChI=1S/C10H16N2O8.2Na.H4O4Si/c13-7(14)3-11(4-8(15)16)1-2-12(5-9(17)18)6-10(19)20;;;1-5(2,3)4/h1-6H2,(H,13,14)(H,15,16)(H,17,18)(H,19,20);;;1-4H/q;2*+1;/p-2. The normalized spacial score (nSPS) is 10.1. The average molecular weight is 432 g/mol. The Morgan fingerprint density at radius 3 is 1.07 bits per heavy atom. The van der Waals surface area contributed by atoms with Crippen LogP contribution in [0.3, 0.4) is 0 Å². The number of aliphatic carboxylic acids is 4. The van der Waals surface area contributed by atoms with Crippen LogP contribution in [0.25, 0.3) is 0 Å². The largest absolute Gasteiger partial charge is 1.00 e. The molecule has 0 radical (unpaired) electrons. The van der Waals surface area contributed by atoms with Gasteiger partial charge >= 0.3 is 80.1 Å². The molecule has 0 rings (SSSR count). The van der Waals surface area contributed by atoms with Crippen LogP contribution in [0.1, 0.15) is 0 Å². The molecule has 0 aliphatic heterocycles. The Bertz CT molecular complexity index is 402. The van der Waals surface area contributed by atoms with Gasteiger partial charge in [0, 0.05) is 26.2 Å². The summed E-state index contributed by atoms with van der Waals surface area (Å²) in [6, 6.07) is 0. The molecule has 0 aliphatic carbocycles. The van der Waals surface area contributed by atoms with Crippen molar-refractivity contribution in [3.63, 3.8) is 0 Å². The van der Waals surface area contributed by atoms with Crippen molar-refractivity contribution in [2.24, 2.45) is 0 Å². The second-order valence-electron chi connectivity index (χ2n) is 4.55. The van der Waals surface area contributed by atoms with E-state index in [4.69, 9.17) is 29.4 Å². The van der Waals surface area contributed by atoms with Crippen LogP contribution >= 0.6 is 0 Å². The van der Waals surface area contributed by atoms with Gasteiger partial charge in [-0.15, -0.1) is 0 Å². The van der Waals surface area contributed by atoms with Crippen molar-refractivity contribution >= 4 is 32.9 Å². The van der Waals surface area contributed by atoms with Crippen LogP contribution in [0.5, 0.6) is 0 Å². The van der Waals surface area contributed by atoms with E-state index in [0.717, 1.165) is 9.80 Å². The molecule has 0 bridgehead atoms. The second-order valence-corrected chi connectivity index (χ2v) is 5.75. The molecule has 0 spiro atoms. The summed E-state index contributed by atoms with van der Waals surface area (Å²) in [6.07, 6.45) is 0. The van der Waals surface area contributed by atoms with Crippen LogP contribution < -0.4 is 69.3 Å². The maximum atomic E-state index is 10.5. The Balaban J connectivity index is -0.000000333. The Morgan fingerprint density at radius 1 is 0.667 bits per heavy atom. The first-order valence-corrected chi connectivity index (χ1v) is 8.17. The van der Waals surface area contributed by atoms with E-state index in [9.17, 15) is 29.4 Å². The van der Waals surface area contributed by atoms with Gasteiger partial charge in [0.25, 0.3) is 0 Å². The van der Waals surface area contributed by atoms with Gasteiger partial charge in [0.15, 0.2) is 0 Å². The summed E-state index contributed by atoms with van der Waals surface area (Å²) < 4.78 is 0. The predicted octanol–water partition coefficient (Wildman–Crippen LogP) is -13.3. The van der Waals surface area contributed by atoms with E-state index in [-0.39, 0.29) is 72.2 Å². The number of hydrogen-bond acceptors (Lipinski definition) is 12. The predicted molar refractivity (Wildman–Crippen MR) is 72.8 cm³/mol. The van der Waals surface area contributed by atoms with E-state index < -0.39 is 59.1 Å². The van der Waals surface area contributed by atoms with Crippen molar-refractivity contribution in [2.75, 3.05) is 39.3 Å². The van der Waals surface area contributed by atoms with E-state index in [1.54, 1.807) is 0 Å². The van der Waals surface area contributed by atoms with Crippen LogP contribution in [-0.2, 0) is 19.2 Å². The van der Waals surface area contributed by atoms with Crippen molar-refractivity contribution in [2.45, 2.75) is 0 Å². The van der Waals surface area contributed by atoms with Crippen molar-refractivity contribution < 1.29 is 118 Å². The van der Waals surface area contributed by atoms with E-state index in [2.05, 4.69) is 0 Å². The average Bonchev–Trinajstić information content (AvgIpc) is 2.30. The summed E-state index contributed by atoms with van der Waals surface area (Å²) >= 11 is 0. The molecule has 0 heterocycles. The molecule has 0 unspecified atom stereocenters. The van der Waals surface area contributed by atoms with Crippen molar-refractivity contribution in [1.82, 2.24) is 9.80 Å². The zero-order valence-corrected chi connectivity index (χ0v) is 19.8. The Labute approximate surface area is 198 Å². The van der Waals surface area contributed by atoms with Crippen molar-refractivity contribution in [1.29, 1.82) is 0 Å². The molecule has 0 aliphatic rings. The molecular formula is C10H18N2Na2O12Si. The zero-order chi connectivity index (χ0) is 20.2. The third kappa shape index (κ3) is 33.8. The molecule has 27 heavy (non-hydrogen) atoms. The molecule has 17 heteroatoms. The SMILES string of the molecule is O=C([O-])CN(CCN(CC(=O)O)CC(=O)O)CC(=O)[O-].O[Si](O)(O)O.[Na+].[Na+]. The molecule has 0 amide bonds. The van der Waals surface area contributed by atoms with Gasteiger partial charge in [-0.2, -0.15) is 0 Å². The van der Waals surface area contributed by atoms with E-state index >= 15 is 0 Å². The summed E-state index contributed by atoms with van der Waals surface area (Å²) in [7, 11) is -4.61. The Hall–Kier alpha value is -0.143. The smallest absolute Gasteiger partial charge is 0.549 e. The molecule has 6 N–H and O–H groups in total. The minimum atomic E-state index is -4.61. The third-order valence-corrected chi connectivity index (χ3v) is 2.16. The van der Waals surface area contributed by atoms with E-state index in [0.29, 0.717) is 0 Å². The second kappa shape index (κ2) is 17.9. The van der Waals surface area contributed by atoms with E-state index in [1.165, 1.54) is 0 Å². The quantitative estimate of drug-likeness (QED) is 0.166. The van der Waals surface area contributed by atoms with Gasteiger partial charge in [-0.1, -0.05) is 0 Å². The zero-order valence-electron chi connectivity index (χ0n) is 14.8. The fraction of sp³-hybridized carbons (Fsp3) is 0.600. The summed E-state index contributed by atoms with van der Waals surface area (Å²) in [6.45, 7) is -2.75. The maximum absolute atomic E-state index is 10.5. The number of carboxylic acid groups (broad SMARTS) is 4. The van der Waals surface area contributed by atoms with Gasteiger partial charge in [-0.25, -0.2) is 0 Å². The van der Waals surface area contributed by atoms with Crippen molar-refractivity contribution in [3.8, 4) is 0 Å². The van der Waals surface area contributed by atoms with Gasteiger partial charge in [0.05, 0.1) is 25.0 Å². The fourth-order valence-electron chi connectivity index (χ4n) is 1.46. The summed E-state index contributed by atoms with van der Waals surface area (Å²) in [5, 5.41) is 38.0. The summed E-state index contributed by atoms with van der Waals surface area (Å²) in [4.78, 5) is 73.2. The third-order valence-electron chi connectivity index (χ3n) is 2.16. The van der Waals surface area contributed by atoms with Crippen LogP contribution in [0.15, 0.2) is 0 Å². The Morgan fingerprint density at radius 2 is 0.889 bits per heavy atom. The number of carbonyl (C=O) groups excluding carboxylic acids is 2. The van der Waals surface area contributed by atoms with Crippen LogP contribution in [0.4, 0.5) is 0 Å². The molecule has 14 nitrogen and oxygen atoms in total. The minimum Gasteiger partial charge on any atom is -0.549 e. The number of carbonyl (C=O) groups is 4. The first-order chi connectivity index (χ1) is 11.2. The molecule has 0 saturated carbocycles. The molecule has 0 fully saturated rings. The van der Waals surface area contributed by atoms with Crippen molar-refractivity contribution in [3.05, 3.63) is 0 Å². The molecular weight excluding hydrogens is 414 g/mol. The van der Waals surface area contributed by atoms with Gasteiger partial charge in [-0.05, 0) is 0 Å². The molecule has 0 saturated heterocycles. The minimum absolute atomic E-state index is 0. The Kier molecular flexibility index (Phi) is 22.8. The first-order valence-electron chi connectivity index (χ1n) is 6.38. The topological polar surface area (TPSA) is 242 Å². The van der Waals surface area contributed by atoms with Gasteiger partial charge < -0.3 is 49.2 Å². The summed E-state index contributed by atoms with van der Waals surface area (Å²) in [5.74, 6) is -5.52. The molecule has 146 valence electrons. The van der Waals surface area contributed by atoms with Crippen LogP contribution in [0, 0.1) is 0 Å². The van der Waals surface area contributed by atoms with Crippen LogP contribution in [0.2, 0.25) is 0 Å². The number of hydrogen-bond donors (Lipinski definition) is 6. The van der Waals surface area contributed by atoms with E-state index in [1.807, 2.05) is 0 Å². The fourth-order valence-corrected chi connectivity index (χ4v) is 1.46. The molecule has 0 aromatic carbocycles. The van der Waals surface area contributed by atoms with Gasteiger partial charge in [-0.3, -0.25) is 19.4 Å². The molecule has 0 aromatic heterocycles. The maximum Gasteiger partial charge on any atom is 1.00 e. The molecule has 0 atom stereocenters. The monoisotopic (exact) mass is 432 g/mol. The van der Waals surface area contributed by atoms with Crippen LogP contribution in [-0.4, -0.2) is 111 Å². The van der Waals surface area contributed by atoms with Gasteiger partial charge in [0.2, 0.25) is 0 Å². The first kappa shape index (κ1) is 34.4. The van der Waals surface area contributed by atoms with Gasteiger partial charge in [0.1, 0.15) is 0 Å². The number of nitrogens with zero attached hydrogens (tertiary/aromatic N) is 2. The number of carboxylic acids is 4. The number of rotatable bonds is 11. The summed E-state index contributed by atoms with van der Waals surface area (Å²) in [5.41, 5.74) is 0. The molecule has 0 aromatic rings.